The van der Waals surface area contributed by atoms with E-state index < -0.39 is 0 Å². The van der Waals surface area contributed by atoms with Crippen LogP contribution in [0.3, 0.4) is 0 Å². The summed E-state index contributed by atoms with van der Waals surface area (Å²) in [5, 5.41) is 0. The number of nitrogens with two attached hydrogens (primary N) is 1. The third-order valence-electron chi connectivity index (χ3n) is 3.84. The van der Waals surface area contributed by atoms with Crippen molar-refractivity contribution in [2.75, 3.05) is 12.4 Å². The topological polar surface area (TPSA) is 35.2 Å². The summed E-state index contributed by atoms with van der Waals surface area (Å²) in [4.78, 5) is 1.29. The second kappa shape index (κ2) is 7.01. The van der Waals surface area contributed by atoms with Gasteiger partial charge in [-0.3, -0.25) is 0 Å². The van der Waals surface area contributed by atoms with Crippen molar-refractivity contribution >= 4 is 11.8 Å². The van der Waals surface area contributed by atoms with Gasteiger partial charge in [-0.1, -0.05) is 24.3 Å². The third-order valence-corrected chi connectivity index (χ3v) is 4.82. The van der Waals surface area contributed by atoms with Crippen LogP contribution >= 0.6 is 11.8 Å². The molecule has 21 heavy (non-hydrogen) atoms. The van der Waals surface area contributed by atoms with E-state index in [-0.39, 0.29) is 6.04 Å². The van der Waals surface area contributed by atoms with Crippen LogP contribution < -0.4 is 10.5 Å². The molecule has 0 radical (unpaired) electrons. The van der Waals surface area contributed by atoms with E-state index in [2.05, 4.69) is 42.5 Å². The number of hydrogen-bond acceptors (Lipinski definition) is 3. The van der Waals surface area contributed by atoms with Gasteiger partial charge in [-0.15, -0.1) is 11.8 Å². The van der Waals surface area contributed by atoms with Gasteiger partial charge in [0, 0.05) is 16.7 Å². The number of aryl methyl sites for hydroxylation is 1. The fourth-order valence-corrected chi connectivity index (χ4v) is 3.49. The molecule has 0 saturated heterocycles. The van der Waals surface area contributed by atoms with Crippen LogP contribution in [-0.2, 0) is 6.42 Å². The molecule has 0 aliphatic heterocycles. The van der Waals surface area contributed by atoms with Gasteiger partial charge in [-0.25, -0.2) is 0 Å². The van der Waals surface area contributed by atoms with Gasteiger partial charge in [0.2, 0.25) is 0 Å². The molecule has 3 rings (SSSR count). The SMILES string of the molecule is NC1CCCc2ccc(OCCSc3ccccc3)cc21. The molecule has 2 aromatic carbocycles. The first-order valence-corrected chi connectivity index (χ1v) is 8.50. The molecule has 1 unspecified atom stereocenters. The van der Waals surface area contributed by atoms with Crippen molar-refractivity contribution in [3.8, 4) is 5.75 Å². The van der Waals surface area contributed by atoms with E-state index >= 15 is 0 Å². The van der Waals surface area contributed by atoms with E-state index in [0.717, 1.165) is 24.3 Å². The van der Waals surface area contributed by atoms with Crippen molar-refractivity contribution in [2.45, 2.75) is 30.2 Å². The molecular formula is C18H21NOS. The Hall–Kier alpha value is -1.45. The van der Waals surface area contributed by atoms with Gasteiger partial charge >= 0.3 is 0 Å². The number of ether oxygens (including phenoxy) is 1. The molecule has 110 valence electrons. The third kappa shape index (κ3) is 3.80. The minimum absolute atomic E-state index is 0.177. The minimum atomic E-state index is 0.177. The lowest BCUT2D eigenvalue weighted by Gasteiger charge is -2.22. The fraction of sp³-hybridized carbons (Fsp3) is 0.333. The number of hydrogen-bond donors (Lipinski definition) is 1. The lowest BCUT2D eigenvalue weighted by molar-refractivity contribution is 0.342. The number of benzene rings is 2. The smallest absolute Gasteiger partial charge is 0.119 e. The van der Waals surface area contributed by atoms with Crippen LogP contribution in [0, 0.1) is 0 Å². The van der Waals surface area contributed by atoms with Crippen LogP contribution in [-0.4, -0.2) is 12.4 Å². The van der Waals surface area contributed by atoms with E-state index in [4.69, 9.17) is 10.5 Å². The van der Waals surface area contributed by atoms with Gasteiger partial charge in [-0.2, -0.15) is 0 Å². The van der Waals surface area contributed by atoms with Crippen LogP contribution in [0.5, 0.6) is 5.75 Å². The predicted molar refractivity (Wildman–Crippen MR) is 89.0 cm³/mol. The zero-order valence-corrected chi connectivity index (χ0v) is 12.9. The maximum atomic E-state index is 6.19. The summed E-state index contributed by atoms with van der Waals surface area (Å²) in [6.45, 7) is 0.716. The predicted octanol–water partition coefficient (Wildman–Crippen LogP) is 4.19. The van der Waals surface area contributed by atoms with Crippen LogP contribution in [0.15, 0.2) is 53.4 Å². The second-order valence-corrected chi connectivity index (χ2v) is 6.54. The molecule has 0 saturated carbocycles. The van der Waals surface area contributed by atoms with Gasteiger partial charge in [0.15, 0.2) is 0 Å². The van der Waals surface area contributed by atoms with Crippen LogP contribution in [0.4, 0.5) is 0 Å². The molecule has 0 fully saturated rings. The zero-order valence-electron chi connectivity index (χ0n) is 12.1. The Morgan fingerprint density at radius 1 is 1.14 bits per heavy atom. The summed E-state index contributed by atoms with van der Waals surface area (Å²) in [5.41, 5.74) is 8.85. The van der Waals surface area contributed by atoms with Crippen LogP contribution in [0.25, 0.3) is 0 Å². The van der Waals surface area contributed by atoms with Crippen molar-refractivity contribution in [1.82, 2.24) is 0 Å². The Morgan fingerprint density at radius 3 is 2.86 bits per heavy atom. The number of thioether (sulfide) groups is 1. The summed E-state index contributed by atoms with van der Waals surface area (Å²) in [5.74, 6) is 1.90. The molecule has 2 N–H and O–H groups in total. The van der Waals surface area contributed by atoms with Gasteiger partial charge in [0.25, 0.3) is 0 Å². The maximum Gasteiger partial charge on any atom is 0.119 e. The van der Waals surface area contributed by atoms with E-state index in [1.807, 2.05) is 17.8 Å². The second-order valence-electron chi connectivity index (χ2n) is 5.37. The molecule has 3 heteroatoms. The molecular weight excluding hydrogens is 278 g/mol. The van der Waals surface area contributed by atoms with Crippen molar-refractivity contribution in [3.05, 3.63) is 59.7 Å². The monoisotopic (exact) mass is 299 g/mol. The largest absolute Gasteiger partial charge is 0.493 e. The Morgan fingerprint density at radius 2 is 2.00 bits per heavy atom. The zero-order chi connectivity index (χ0) is 14.5. The molecule has 1 atom stereocenters. The summed E-state index contributed by atoms with van der Waals surface area (Å²) in [6, 6.07) is 17.0. The lowest BCUT2D eigenvalue weighted by Crippen LogP contribution is -2.17. The van der Waals surface area contributed by atoms with E-state index in [0.29, 0.717) is 6.61 Å². The maximum absolute atomic E-state index is 6.19. The average molecular weight is 299 g/mol. The molecule has 0 heterocycles. The Labute approximate surface area is 130 Å². The van der Waals surface area contributed by atoms with E-state index in [9.17, 15) is 0 Å². The Balaban J connectivity index is 1.53. The highest BCUT2D eigenvalue weighted by Crippen LogP contribution is 2.31. The summed E-state index contributed by atoms with van der Waals surface area (Å²) < 4.78 is 5.87. The highest BCUT2D eigenvalue weighted by atomic mass is 32.2. The fourth-order valence-electron chi connectivity index (χ4n) is 2.74. The quantitative estimate of drug-likeness (QED) is 0.664. The normalized spacial score (nSPS) is 17.3. The van der Waals surface area contributed by atoms with Gasteiger partial charge in [0.05, 0.1) is 6.61 Å². The summed E-state index contributed by atoms with van der Waals surface area (Å²) >= 11 is 1.82. The molecule has 0 spiro atoms. The average Bonchev–Trinajstić information content (AvgIpc) is 2.53. The summed E-state index contributed by atoms with van der Waals surface area (Å²) in [7, 11) is 0. The van der Waals surface area contributed by atoms with Crippen LogP contribution in [0.1, 0.15) is 30.0 Å². The lowest BCUT2D eigenvalue weighted by atomic mass is 9.88. The van der Waals surface area contributed by atoms with Gasteiger partial charge in [0.1, 0.15) is 5.75 Å². The van der Waals surface area contributed by atoms with Crippen LogP contribution in [0.2, 0.25) is 0 Å². The summed E-state index contributed by atoms with van der Waals surface area (Å²) in [6.07, 6.45) is 3.43. The molecule has 2 nitrogen and oxygen atoms in total. The molecule has 1 aliphatic rings. The molecule has 0 aromatic heterocycles. The molecule has 0 amide bonds. The van der Waals surface area contributed by atoms with Crippen molar-refractivity contribution in [1.29, 1.82) is 0 Å². The van der Waals surface area contributed by atoms with E-state index in [1.54, 1.807) is 0 Å². The number of fused-ring (bicyclic) bond motifs is 1. The molecule has 0 bridgehead atoms. The highest BCUT2D eigenvalue weighted by Gasteiger charge is 2.17. The molecule has 2 aromatic rings. The standard InChI is InChI=1S/C18H21NOS/c19-18-8-4-5-14-9-10-15(13-17(14)18)20-11-12-21-16-6-2-1-3-7-16/h1-3,6-7,9-10,13,18H,4-5,8,11-12,19H2. The minimum Gasteiger partial charge on any atom is -0.493 e. The van der Waals surface area contributed by atoms with Gasteiger partial charge < -0.3 is 10.5 Å². The molecule has 1 aliphatic carbocycles. The van der Waals surface area contributed by atoms with Crippen molar-refractivity contribution in [3.63, 3.8) is 0 Å². The Kier molecular flexibility index (Phi) is 4.84. The Bertz CT molecular complexity index is 585. The van der Waals surface area contributed by atoms with E-state index in [1.165, 1.54) is 22.4 Å². The van der Waals surface area contributed by atoms with Crippen molar-refractivity contribution in [2.24, 2.45) is 5.73 Å². The van der Waals surface area contributed by atoms with Gasteiger partial charge in [-0.05, 0) is 54.7 Å². The number of rotatable bonds is 5. The highest BCUT2D eigenvalue weighted by molar-refractivity contribution is 7.99. The first-order valence-electron chi connectivity index (χ1n) is 7.52. The first-order chi connectivity index (χ1) is 10.3. The first kappa shape index (κ1) is 14.5. The van der Waals surface area contributed by atoms with Crippen molar-refractivity contribution < 1.29 is 4.74 Å².